The van der Waals surface area contributed by atoms with Crippen LogP contribution in [0.1, 0.15) is 0 Å². The van der Waals surface area contributed by atoms with Gasteiger partial charge in [0.2, 0.25) is 0 Å². The molecule has 17 heavy (non-hydrogen) atoms. The lowest BCUT2D eigenvalue weighted by Gasteiger charge is -2.03. The number of fused-ring (bicyclic) bond motifs is 1. The molecular formula is C13H11N3S. The minimum absolute atomic E-state index is 1.03. The highest BCUT2D eigenvalue weighted by atomic mass is 32.2. The van der Waals surface area contributed by atoms with Crippen molar-refractivity contribution in [2.24, 2.45) is 7.05 Å². The molecule has 0 atom stereocenters. The Morgan fingerprint density at radius 3 is 2.94 bits per heavy atom. The lowest BCUT2D eigenvalue weighted by atomic mass is 10.2. The molecule has 2 heterocycles. The van der Waals surface area contributed by atoms with Crippen molar-refractivity contribution in [3.63, 3.8) is 0 Å². The molecule has 3 aromatic rings. The van der Waals surface area contributed by atoms with Gasteiger partial charge >= 0.3 is 0 Å². The van der Waals surface area contributed by atoms with Crippen molar-refractivity contribution < 1.29 is 0 Å². The van der Waals surface area contributed by atoms with Gasteiger partial charge in [0.1, 0.15) is 0 Å². The highest BCUT2D eigenvalue weighted by molar-refractivity contribution is 7.99. The number of aryl methyl sites for hydroxylation is 1. The van der Waals surface area contributed by atoms with Gasteiger partial charge in [-0.3, -0.25) is 9.67 Å². The van der Waals surface area contributed by atoms with Crippen molar-refractivity contribution in [3.8, 4) is 0 Å². The van der Waals surface area contributed by atoms with Crippen molar-refractivity contribution in [3.05, 3.63) is 48.9 Å². The lowest BCUT2D eigenvalue weighted by molar-refractivity contribution is 0.766. The molecule has 0 radical (unpaired) electrons. The van der Waals surface area contributed by atoms with Crippen LogP contribution >= 0.6 is 11.8 Å². The molecule has 0 N–H and O–H groups in total. The Morgan fingerprint density at radius 2 is 2.12 bits per heavy atom. The zero-order valence-corrected chi connectivity index (χ0v) is 10.2. The minimum Gasteiger partial charge on any atom is -0.275 e. The van der Waals surface area contributed by atoms with E-state index in [0.717, 1.165) is 10.4 Å². The molecule has 0 aliphatic rings. The van der Waals surface area contributed by atoms with Gasteiger partial charge in [-0.25, -0.2) is 0 Å². The summed E-state index contributed by atoms with van der Waals surface area (Å²) < 4.78 is 1.81. The summed E-state index contributed by atoms with van der Waals surface area (Å²) in [6.45, 7) is 0. The molecule has 0 aliphatic heterocycles. The van der Waals surface area contributed by atoms with E-state index in [-0.39, 0.29) is 0 Å². The van der Waals surface area contributed by atoms with E-state index >= 15 is 0 Å². The summed E-state index contributed by atoms with van der Waals surface area (Å²) >= 11 is 1.71. The molecule has 0 bridgehead atoms. The third-order valence-corrected chi connectivity index (χ3v) is 3.54. The molecule has 84 valence electrons. The second-order valence-electron chi connectivity index (χ2n) is 3.78. The number of nitrogens with zero attached hydrogens (tertiary/aromatic N) is 3. The summed E-state index contributed by atoms with van der Waals surface area (Å²) in [6.07, 6.45) is 5.71. The van der Waals surface area contributed by atoms with Crippen molar-refractivity contribution in [2.75, 3.05) is 0 Å². The summed E-state index contributed by atoms with van der Waals surface area (Å²) in [7, 11) is 1.93. The fourth-order valence-corrected chi connectivity index (χ4v) is 2.73. The Labute approximate surface area is 103 Å². The Balaban J connectivity index is 2.05. The second kappa shape index (κ2) is 4.22. The van der Waals surface area contributed by atoms with E-state index in [1.54, 1.807) is 11.8 Å². The molecule has 0 saturated carbocycles. The third-order valence-electron chi connectivity index (χ3n) is 2.51. The highest BCUT2D eigenvalue weighted by Crippen LogP contribution is 2.32. The van der Waals surface area contributed by atoms with Crippen LogP contribution in [0.25, 0.3) is 10.9 Å². The first-order valence-corrected chi connectivity index (χ1v) is 6.15. The van der Waals surface area contributed by atoms with Crippen LogP contribution in [0.2, 0.25) is 0 Å². The monoisotopic (exact) mass is 241 g/mol. The molecule has 0 fully saturated rings. The summed E-state index contributed by atoms with van der Waals surface area (Å²) in [6, 6.07) is 10.2. The number of hydrogen-bond acceptors (Lipinski definition) is 3. The maximum atomic E-state index is 4.35. The Hall–Kier alpha value is -1.81. The fraction of sp³-hybridized carbons (Fsp3) is 0.0769. The van der Waals surface area contributed by atoms with Crippen LogP contribution in [0.5, 0.6) is 0 Å². The van der Waals surface area contributed by atoms with Gasteiger partial charge in [0.25, 0.3) is 0 Å². The summed E-state index contributed by atoms with van der Waals surface area (Å²) in [4.78, 5) is 6.71. The van der Waals surface area contributed by atoms with Crippen LogP contribution in [0, 0.1) is 0 Å². The molecule has 0 unspecified atom stereocenters. The smallest absolute Gasteiger partial charge is 0.0713 e. The first-order valence-electron chi connectivity index (χ1n) is 5.33. The standard InChI is InChI=1S/C13H11N3S/c1-16-9-10(8-15-16)17-13-6-2-5-12-11(13)4-3-7-14-12/h2-9H,1H3. The first-order chi connectivity index (χ1) is 8.33. The van der Waals surface area contributed by atoms with E-state index in [4.69, 9.17) is 0 Å². The normalized spacial score (nSPS) is 10.9. The molecule has 2 aromatic heterocycles. The van der Waals surface area contributed by atoms with E-state index in [1.807, 2.05) is 48.5 Å². The second-order valence-corrected chi connectivity index (χ2v) is 4.89. The number of hydrogen-bond donors (Lipinski definition) is 0. The van der Waals surface area contributed by atoms with Crippen LogP contribution in [-0.2, 0) is 7.05 Å². The van der Waals surface area contributed by atoms with E-state index in [0.29, 0.717) is 0 Å². The van der Waals surface area contributed by atoms with Crippen molar-refractivity contribution in [2.45, 2.75) is 9.79 Å². The highest BCUT2D eigenvalue weighted by Gasteiger charge is 2.04. The summed E-state index contributed by atoms with van der Waals surface area (Å²) in [5, 5.41) is 5.36. The Morgan fingerprint density at radius 1 is 1.18 bits per heavy atom. The first kappa shape index (κ1) is 10.4. The fourth-order valence-electron chi connectivity index (χ4n) is 1.74. The van der Waals surface area contributed by atoms with Crippen LogP contribution in [0.4, 0.5) is 0 Å². The molecule has 0 aliphatic carbocycles. The van der Waals surface area contributed by atoms with Gasteiger partial charge in [-0.05, 0) is 18.2 Å². The van der Waals surface area contributed by atoms with Gasteiger partial charge < -0.3 is 0 Å². The van der Waals surface area contributed by atoms with E-state index in [2.05, 4.69) is 22.2 Å². The maximum Gasteiger partial charge on any atom is 0.0713 e. The maximum absolute atomic E-state index is 4.35. The summed E-state index contributed by atoms with van der Waals surface area (Å²) in [5.74, 6) is 0. The largest absolute Gasteiger partial charge is 0.275 e. The van der Waals surface area contributed by atoms with Crippen molar-refractivity contribution in [1.29, 1.82) is 0 Å². The molecule has 3 rings (SSSR count). The summed E-state index contributed by atoms with van der Waals surface area (Å²) in [5.41, 5.74) is 1.03. The van der Waals surface area contributed by atoms with Gasteiger partial charge in [-0.1, -0.05) is 23.9 Å². The molecule has 0 saturated heterocycles. The van der Waals surface area contributed by atoms with Gasteiger partial charge in [-0.2, -0.15) is 5.10 Å². The van der Waals surface area contributed by atoms with Gasteiger partial charge in [0.15, 0.2) is 0 Å². The number of pyridine rings is 1. The topological polar surface area (TPSA) is 30.7 Å². The van der Waals surface area contributed by atoms with Crippen molar-refractivity contribution in [1.82, 2.24) is 14.8 Å². The van der Waals surface area contributed by atoms with Gasteiger partial charge in [0.05, 0.1) is 16.6 Å². The van der Waals surface area contributed by atoms with E-state index in [1.165, 1.54) is 10.3 Å². The predicted octanol–water partition coefficient (Wildman–Crippen LogP) is 3.12. The molecule has 0 spiro atoms. The Kier molecular flexibility index (Phi) is 2.57. The van der Waals surface area contributed by atoms with Gasteiger partial charge in [-0.15, -0.1) is 0 Å². The SMILES string of the molecule is Cn1cc(Sc2cccc3ncccc23)cn1. The number of benzene rings is 1. The molecular weight excluding hydrogens is 230 g/mol. The zero-order chi connectivity index (χ0) is 11.7. The Bertz CT molecular complexity index is 655. The molecule has 4 heteroatoms. The predicted molar refractivity (Wildman–Crippen MR) is 69.1 cm³/mol. The van der Waals surface area contributed by atoms with Gasteiger partial charge in [0, 0.05) is 29.7 Å². The van der Waals surface area contributed by atoms with E-state index < -0.39 is 0 Å². The third kappa shape index (κ3) is 2.03. The molecule has 3 nitrogen and oxygen atoms in total. The quantitative estimate of drug-likeness (QED) is 0.690. The average Bonchev–Trinajstić information content (AvgIpc) is 2.75. The van der Waals surface area contributed by atoms with E-state index in [9.17, 15) is 0 Å². The molecule has 0 amide bonds. The lowest BCUT2D eigenvalue weighted by Crippen LogP contribution is -1.84. The van der Waals surface area contributed by atoms with Crippen LogP contribution in [0.3, 0.4) is 0 Å². The van der Waals surface area contributed by atoms with Crippen LogP contribution in [0.15, 0.2) is 58.7 Å². The number of rotatable bonds is 2. The van der Waals surface area contributed by atoms with Crippen LogP contribution in [-0.4, -0.2) is 14.8 Å². The molecule has 1 aromatic carbocycles. The zero-order valence-electron chi connectivity index (χ0n) is 9.37. The number of aromatic nitrogens is 3. The van der Waals surface area contributed by atoms with Crippen LogP contribution < -0.4 is 0 Å². The minimum atomic E-state index is 1.03. The van der Waals surface area contributed by atoms with Crippen molar-refractivity contribution >= 4 is 22.7 Å². The average molecular weight is 241 g/mol.